The molecule has 1 fully saturated rings. The smallest absolute Gasteiger partial charge is 0.241 e. The molecule has 0 aromatic heterocycles. The minimum Gasteiger partial charge on any atom is -0.342 e. The SMILES string of the molecule is CC1CCN(C(=O)CNS(=O)(=O)c2ccc3c(c2)CCCC3)CC1. The molecule has 1 aliphatic carbocycles. The Morgan fingerprint density at radius 3 is 2.54 bits per heavy atom. The standard InChI is InChI=1S/C18H26N2O3S/c1-14-8-10-20(11-9-14)18(21)13-19-24(22,23)17-7-6-15-4-2-3-5-16(15)12-17/h6-7,12,14,19H,2-5,8-11,13H2,1H3. The molecule has 24 heavy (non-hydrogen) atoms. The lowest BCUT2D eigenvalue weighted by Gasteiger charge is -2.30. The van der Waals surface area contributed by atoms with Gasteiger partial charge in [0, 0.05) is 13.1 Å². The maximum absolute atomic E-state index is 12.5. The first-order valence-corrected chi connectivity index (χ1v) is 10.3. The second-order valence-electron chi connectivity index (χ2n) is 7.03. The average Bonchev–Trinajstić information content (AvgIpc) is 2.60. The zero-order chi connectivity index (χ0) is 17.2. The van der Waals surface area contributed by atoms with E-state index in [9.17, 15) is 13.2 Å². The number of sulfonamides is 1. The molecule has 1 heterocycles. The van der Waals surface area contributed by atoms with Crippen molar-refractivity contribution in [2.24, 2.45) is 5.92 Å². The normalized spacial score (nSPS) is 19.1. The van der Waals surface area contributed by atoms with E-state index in [0.717, 1.165) is 50.8 Å². The van der Waals surface area contributed by atoms with Crippen molar-refractivity contribution in [1.29, 1.82) is 0 Å². The second kappa shape index (κ2) is 7.23. The van der Waals surface area contributed by atoms with Crippen molar-refractivity contribution in [3.05, 3.63) is 29.3 Å². The number of benzene rings is 1. The third-order valence-corrected chi connectivity index (χ3v) is 6.58. The molecule has 0 unspecified atom stereocenters. The van der Waals surface area contributed by atoms with E-state index >= 15 is 0 Å². The number of likely N-dealkylation sites (tertiary alicyclic amines) is 1. The van der Waals surface area contributed by atoms with E-state index in [1.807, 2.05) is 6.07 Å². The summed E-state index contributed by atoms with van der Waals surface area (Å²) in [5.41, 5.74) is 2.37. The Hall–Kier alpha value is -1.40. The van der Waals surface area contributed by atoms with E-state index in [1.54, 1.807) is 17.0 Å². The van der Waals surface area contributed by atoms with E-state index in [4.69, 9.17) is 0 Å². The third-order valence-electron chi connectivity index (χ3n) is 5.18. The van der Waals surface area contributed by atoms with Crippen LogP contribution in [0.5, 0.6) is 0 Å². The van der Waals surface area contributed by atoms with Gasteiger partial charge in [-0.3, -0.25) is 4.79 Å². The van der Waals surface area contributed by atoms with E-state index in [0.29, 0.717) is 5.92 Å². The number of fused-ring (bicyclic) bond motifs is 1. The van der Waals surface area contributed by atoms with Crippen molar-refractivity contribution in [3.8, 4) is 0 Å². The lowest BCUT2D eigenvalue weighted by atomic mass is 9.92. The number of piperidine rings is 1. The fourth-order valence-electron chi connectivity index (χ4n) is 3.49. The van der Waals surface area contributed by atoms with Gasteiger partial charge >= 0.3 is 0 Å². The molecule has 2 aliphatic rings. The van der Waals surface area contributed by atoms with Crippen molar-refractivity contribution in [2.75, 3.05) is 19.6 Å². The van der Waals surface area contributed by atoms with Gasteiger partial charge in [0.25, 0.3) is 0 Å². The first-order chi connectivity index (χ1) is 11.5. The number of carbonyl (C=O) groups is 1. The number of hydrogen-bond donors (Lipinski definition) is 1. The number of nitrogens with one attached hydrogen (secondary N) is 1. The van der Waals surface area contributed by atoms with Crippen molar-refractivity contribution >= 4 is 15.9 Å². The molecular formula is C18H26N2O3S. The minimum atomic E-state index is -3.64. The summed E-state index contributed by atoms with van der Waals surface area (Å²) in [6.45, 7) is 3.47. The number of hydrogen-bond acceptors (Lipinski definition) is 3. The highest BCUT2D eigenvalue weighted by Crippen LogP contribution is 2.24. The van der Waals surface area contributed by atoms with Crippen molar-refractivity contribution in [2.45, 2.75) is 50.3 Å². The summed E-state index contributed by atoms with van der Waals surface area (Å²) in [6.07, 6.45) is 6.21. The highest BCUT2D eigenvalue weighted by molar-refractivity contribution is 7.89. The number of rotatable bonds is 4. The van der Waals surface area contributed by atoms with Gasteiger partial charge in [-0.05, 0) is 67.7 Å². The molecule has 132 valence electrons. The molecular weight excluding hydrogens is 324 g/mol. The molecule has 0 spiro atoms. The fourth-order valence-corrected chi connectivity index (χ4v) is 4.51. The summed E-state index contributed by atoms with van der Waals surface area (Å²) < 4.78 is 27.4. The van der Waals surface area contributed by atoms with E-state index in [-0.39, 0.29) is 17.3 Å². The molecule has 1 aromatic rings. The van der Waals surface area contributed by atoms with Crippen molar-refractivity contribution < 1.29 is 13.2 Å². The van der Waals surface area contributed by atoms with Crippen LogP contribution in [0.25, 0.3) is 0 Å². The van der Waals surface area contributed by atoms with Crippen molar-refractivity contribution in [3.63, 3.8) is 0 Å². The Morgan fingerprint density at radius 1 is 1.17 bits per heavy atom. The van der Waals surface area contributed by atoms with Gasteiger partial charge in [-0.2, -0.15) is 0 Å². The molecule has 5 nitrogen and oxygen atoms in total. The van der Waals surface area contributed by atoms with Gasteiger partial charge < -0.3 is 4.90 Å². The summed E-state index contributed by atoms with van der Waals surface area (Å²) in [7, 11) is -3.64. The zero-order valence-corrected chi connectivity index (χ0v) is 15.1. The number of aryl methyl sites for hydroxylation is 2. The van der Waals surface area contributed by atoms with Crippen LogP contribution in [0.1, 0.15) is 43.7 Å². The Bertz CT molecular complexity index is 707. The maximum Gasteiger partial charge on any atom is 0.241 e. The van der Waals surface area contributed by atoms with Crippen LogP contribution in [0.3, 0.4) is 0 Å². The summed E-state index contributed by atoms with van der Waals surface area (Å²) in [4.78, 5) is 14.2. The predicted molar refractivity (Wildman–Crippen MR) is 93.3 cm³/mol. The highest BCUT2D eigenvalue weighted by atomic mass is 32.2. The monoisotopic (exact) mass is 350 g/mol. The summed E-state index contributed by atoms with van der Waals surface area (Å²) in [5, 5.41) is 0. The zero-order valence-electron chi connectivity index (χ0n) is 14.3. The van der Waals surface area contributed by atoms with E-state index in [1.165, 1.54) is 12.0 Å². The molecule has 3 rings (SSSR count). The Morgan fingerprint density at radius 2 is 1.83 bits per heavy atom. The summed E-state index contributed by atoms with van der Waals surface area (Å²) in [6, 6.07) is 5.33. The minimum absolute atomic E-state index is 0.136. The fraction of sp³-hybridized carbons (Fsp3) is 0.611. The van der Waals surface area contributed by atoms with Gasteiger partial charge in [0.2, 0.25) is 15.9 Å². The highest BCUT2D eigenvalue weighted by Gasteiger charge is 2.23. The summed E-state index contributed by atoms with van der Waals surface area (Å²) >= 11 is 0. The molecule has 0 atom stereocenters. The van der Waals surface area contributed by atoms with Crippen molar-refractivity contribution in [1.82, 2.24) is 9.62 Å². The molecule has 1 aromatic carbocycles. The van der Waals surface area contributed by atoms with Crippen LogP contribution >= 0.6 is 0 Å². The molecule has 0 saturated carbocycles. The number of nitrogens with zero attached hydrogens (tertiary/aromatic N) is 1. The largest absolute Gasteiger partial charge is 0.342 e. The number of carbonyl (C=O) groups excluding carboxylic acids is 1. The second-order valence-corrected chi connectivity index (χ2v) is 8.79. The van der Waals surface area contributed by atoms with E-state index < -0.39 is 10.0 Å². The van der Waals surface area contributed by atoms with Crippen LogP contribution in [0.4, 0.5) is 0 Å². The average molecular weight is 350 g/mol. The van der Waals surface area contributed by atoms with Gasteiger partial charge in [-0.15, -0.1) is 0 Å². The van der Waals surface area contributed by atoms with Gasteiger partial charge in [-0.25, -0.2) is 13.1 Å². The van der Waals surface area contributed by atoms with Gasteiger partial charge in [0.15, 0.2) is 0 Å². The van der Waals surface area contributed by atoms with E-state index in [2.05, 4.69) is 11.6 Å². The van der Waals surface area contributed by atoms with Crippen LogP contribution in [-0.4, -0.2) is 38.9 Å². The topological polar surface area (TPSA) is 66.5 Å². The van der Waals surface area contributed by atoms with Crippen LogP contribution in [0.2, 0.25) is 0 Å². The molecule has 1 N–H and O–H groups in total. The molecule has 1 aliphatic heterocycles. The van der Waals surface area contributed by atoms with Crippen LogP contribution in [0.15, 0.2) is 23.1 Å². The quantitative estimate of drug-likeness (QED) is 0.904. The molecule has 6 heteroatoms. The van der Waals surface area contributed by atoms with Crippen LogP contribution < -0.4 is 4.72 Å². The first-order valence-electron chi connectivity index (χ1n) is 8.85. The first kappa shape index (κ1) is 17.4. The van der Waals surface area contributed by atoms with Gasteiger partial charge in [-0.1, -0.05) is 13.0 Å². The number of amides is 1. The third kappa shape index (κ3) is 3.98. The van der Waals surface area contributed by atoms with Gasteiger partial charge in [0.1, 0.15) is 0 Å². The Kier molecular flexibility index (Phi) is 5.25. The van der Waals surface area contributed by atoms with Crippen LogP contribution in [0, 0.1) is 5.92 Å². The molecule has 0 bridgehead atoms. The van der Waals surface area contributed by atoms with Gasteiger partial charge in [0.05, 0.1) is 11.4 Å². The Labute approximate surface area is 144 Å². The lowest BCUT2D eigenvalue weighted by molar-refractivity contribution is -0.131. The predicted octanol–water partition coefficient (Wildman–Crippen LogP) is 2.10. The molecule has 1 saturated heterocycles. The lowest BCUT2D eigenvalue weighted by Crippen LogP contribution is -2.43. The molecule has 0 radical (unpaired) electrons. The van der Waals surface area contributed by atoms with Crippen LogP contribution in [-0.2, 0) is 27.7 Å². The maximum atomic E-state index is 12.5. The Balaban J connectivity index is 1.62. The summed E-state index contributed by atoms with van der Waals surface area (Å²) in [5.74, 6) is 0.504. The molecule has 1 amide bonds.